The first-order valence-electron chi connectivity index (χ1n) is 8.44. The number of ether oxygens (including phenoxy) is 1. The number of alkyl carbamates (subject to hydrolysis) is 1. The molecule has 0 radical (unpaired) electrons. The number of carbonyl (C=O) groups excluding carboxylic acids is 2. The molecule has 7 nitrogen and oxygen atoms in total. The third-order valence-electron chi connectivity index (χ3n) is 3.46. The molecule has 0 saturated carbocycles. The molecule has 0 fully saturated rings. The fourth-order valence-corrected chi connectivity index (χ4v) is 2.37. The molecule has 0 bridgehead atoms. The number of fused-ring (bicyclic) bond motifs is 1. The third kappa shape index (κ3) is 6.21. The first-order valence-corrected chi connectivity index (χ1v) is 8.82. The Morgan fingerprint density at radius 3 is 2.67 bits per heavy atom. The van der Waals surface area contributed by atoms with Crippen molar-refractivity contribution < 1.29 is 14.3 Å². The molecule has 1 aromatic heterocycles. The largest absolute Gasteiger partial charge is 0.444 e. The normalized spacial score (nSPS) is 12.8. The van der Waals surface area contributed by atoms with Gasteiger partial charge in [-0.15, -0.1) is 0 Å². The first kappa shape index (κ1) is 20.6. The van der Waals surface area contributed by atoms with Crippen LogP contribution in [0.3, 0.4) is 0 Å². The van der Waals surface area contributed by atoms with Crippen LogP contribution in [-0.4, -0.2) is 34.8 Å². The molecule has 2 N–H and O–H groups in total. The molecule has 1 heterocycles. The zero-order chi connectivity index (χ0) is 20.2. The Hall–Kier alpha value is -2.67. The molecule has 27 heavy (non-hydrogen) atoms. The van der Waals surface area contributed by atoms with Crippen molar-refractivity contribution in [3.63, 3.8) is 0 Å². The van der Waals surface area contributed by atoms with E-state index in [0.717, 1.165) is 16.5 Å². The Bertz CT molecular complexity index is 890. The smallest absolute Gasteiger partial charge is 0.408 e. The number of aryl methyl sites for hydroxylation is 1. The average Bonchev–Trinajstić information content (AvgIpc) is 2.53. The number of carbonyl (C=O) groups is 2. The monoisotopic (exact) mass is 390 g/mol. The van der Waals surface area contributed by atoms with E-state index in [0.29, 0.717) is 5.56 Å². The number of benzene rings is 1. The molecule has 2 rings (SSSR count). The van der Waals surface area contributed by atoms with Crippen LogP contribution in [0.15, 0.2) is 29.4 Å². The molecule has 2 aromatic rings. The van der Waals surface area contributed by atoms with Crippen LogP contribution in [0, 0.1) is 6.92 Å². The number of pyridine rings is 1. The van der Waals surface area contributed by atoms with Gasteiger partial charge >= 0.3 is 6.09 Å². The Kier molecular flexibility index (Phi) is 6.38. The van der Waals surface area contributed by atoms with Crippen LogP contribution in [0.4, 0.5) is 4.79 Å². The summed E-state index contributed by atoms with van der Waals surface area (Å²) < 4.78 is 5.10. The van der Waals surface area contributed by atoms with E-state index in [4.69, 9.17) is 16.3 Å². The summed E-state index contributed by atoms with van der Waals surface area (Å²) in [5.41, 5.74) is 4.16. The molecule has 0 aliphatic carbocycles. The van der Waals surface area contributed by atoms with Crippen molar-refractivity contribution in [1.29, 1.82) is 0 Å². The lowest BCUT2D eigenvalue weighted by Gasteiger charge is -2.21. The lowest BCUT2D eigenvalue weighted by molar-refractivity contribution is -0.122. The lowest BCUT2D eigenvalue weighted by Crippen LogP contribution is -2.45. The van der Waals surface area contributed by atoms with Crippen molar-refractivity contribution >= 4 is 40.7 Å². The number of aromatic nitrogens is 1. The summed E-state index contributed by atoms with van der Waals surface area (Å²) in [5, 5.41) is 7.53. The second kappa shape index (κ2) is 8.35. The topological polar surface area (TPSA) is 92.7 Å². The minimum absolute atomic E-state index is 0.283. The zero-order valence-corrected chi connectivity index (χ0v) is 16.7. The maximum Gasteiger partial charge on any atom is 0.408 e. The highest BCUT2D eigenvalue weighted by Gasteiger charge is 2.20. The minimum Gasteiger partial charge on any atom is -0.444 e. The predicted molar refractivity (Wildman–Crippen MR) is 106 cm³/mol. The van der Waals surface area contributed by atoms with Gasteiger partial charge in [0, 0.05) is 10.9 Å². The Balaban J connectivity index is 1.99. The number of halogens is 1. The van der Waals surface area contributed by atoms with E-state index in [1.807, 2.05) is 31.2 Å². The van der Waals surface area contributed by atoms with E-state index in [1.54, 1.807) is 20.8 Å². The van der Waals surface area contributed by atoms with Crippen LogP contribution in [0.25, 0.3) is 10.9 Å². The van der Waals surface area contributed by atoms with Gasteiger partial charge in [0.2, 0.25) is 0 Å². The van der Waals surface area contributed by atoms with Crippen LogP contribution in [-0.2, 0) is 9.53 Å². The van der Waals surface area contributed by atoms with Crippen LogP contribution in [0.5, 0.6) is 0 Å². The predicted octanol–water partition coefficient (Wildman–Crippen LogP) is 3.56. The summed E-state index contributed by atoms with van der Waals surface area (Å²) >= 11 is 6.18. The van der Waals surface area contributed by atoms with Crippen molar-refractivity contribution in [1.82, 2.24) is 15.7 Å². The maximum absolute atomic E-state index is 12.0. The maximum atomic E-state index is 12.0. The number of hydrazone groups is 1. The molecule has 0 aliphatic rings. The number of hydrogen-bond acceptors (Lipinski definition) is 5. The molecule has 1 aromatic carbocycles. The van der Waals surface area contributed by atoms with Crippen molar-refractivity contribution in [2.24, 2.45) is 5.10 Å². The van der Waals surface area contributed by atoms with E-state index in [-0.39, 0.29) is 5.15 Å². The van der Waals surface area contributed by atoms with Gasteiger partial charge < -0.3 is 10.1 Å². The summed E-state index contributed by atoms with van der Waals surface area (Å²) in [4.78, 5) is 28.0. The first-order chi connectivity index (χ1) is 12.5. The van der Waals surface area contributed by atoms with Crippen LogP contribution >= 0.6 is 11.6 Å². The number of amides is 2. The number of nitrogens with one attached hydrogen (secondary N) is 2. The Labute approximate surface area is 163 Å². The van der Waals surface area contributed by atoms with Crippen molar-refractivity contribution in [2.75, 3.05) is 0 Å². The fourth-order valence-electron chi connectivity index (χ4n) is 2.17. The lowest BCUT2D eigenvalue weighted by atomic mass is 10.1. The molecule has 2 amide bonds. The van der Waals surface area contributed by atoms with Gasteiger partial charge in [0.15, 0.2) is 0 Å². The van der Waals surface area contributed by atoms with Crippen molar-refractivity contribution in [2.45, 2.75) is 46.3 Å². The highest BCUT2D eigenvalue weighted by molar-refractivity contribution is 6.32. The van der Waals surface area contributed by atoms with E-state index in [1.165, 1.54) is 13.1 Å². The SMILES string of the molecule is Cc1ccc2cc(/C=N/NC(=O)C(C)NC(=O)OC(C)(C)C)c(Cl)nc2c1. The molecule has 1 unspecified atom stereocenters. The van der Waals surface area contributed by atoms with E-state index >= 15 is 0 Å². The van der Waals surface area contributed by atoms with Gasteiger partial charge in [-0.2, -0.15) is 5.10 Å². The van der Waals surface area contributed by atoms with Gasteiger partial charge in [-0.1, -0.05) is 23.7 Å². The van der Waals surface area contributed by atoms with Crippen LogP contribution < -0.4 is 10.7 Å². The van der Waals surface area contributed by atoms with Gasteiger partial charge in [-0.05, 0) is 52.3 Å². The minimum atomic E-state index is -0.815. The number of nitrogens with zero attached hydrogens (tertiary/aromatic N) is 2. The molecular weight excluding hydrogens is 368 g/mol. The quantitative estimate of drug-likeness (QED) is 0.474. The zero-order valence-electron chi connectivity index (χ0n) is 16.0. The van der Waals surface area contributed by atoms with E-state index in [9.17, 15) is 9.59 Å². The molecule has 1 atom stereocenters. The number of rotatable bonds is 4. The summed E-state index contributed by atoms with van der Waals surface area (Å²) in [6.45, 7) is 8.73. The second-order valence-corrected chi connectivity index (χ2v) is 7.52. The molecule has 8 heteroatoms. The molecule has 0 saturated heterocycles. The molecule has 144 valence electrons. The fraction of sp³-hybridized carbons (Fsp3) is 0.368. The van der Waals surface area contributed by atoms with Gasteiger partial charge in [-0.3, -0.25) is 4.79 Å². The molecular formula is C19H23ClN4O3. The van der Waals surface area contributed by atoms with E-state index < -0.39 is 23.6 Å². The molecule has 0 aliphatic heterocycles. The Morgan fingerprint density at radius 1 is 1.30 bits per heavy atom. The van der Waals surface area contributed by atoms with Crippen molar-refractivity contribution in [3.8, 4) is 0 Å². The molecule has 0 spiro atoms. The highest BCUT2D eigenvalue weighted by Crippen LogP contribution is 2.20. The highest BCUT2D eigenvalue weighted by atomic mass is 35.5. The second-order valence-electron chi connectivity index (χ2n) is 7.17. The van der Waals surface area contributed by atoms with E-state index in [2.05, 4.69) is 20.8 Å². The summed E-state index contributed by atoms with van der Waals surface area (Å²) in [5.74, 6) is -0.488. The Morgan fingerprint density at radius 2 is 2.00 bits per heavy atom. The van der Waals surface area contributed by atoms with Gasteiger partial charge in [-0.25, -0.2) is 15.2 Å². The van der Waals surface area contributed by atoms with Crippen LogP contribution in [0.2, 0.25) is 5.15 Å². The summed E-state index contributed by atoms with van der Waals surface area (Å²) in [6, 6.07) is 6.88. The van der Waals surface area contributed by atoms with Crippen molar-refractivity contribution in [3.05, 3.63) is 40.5 Å². The third-order valence-corrected chi connectivity index (χ3v) is 3.76. The summed E-state index contributed by atoms with van der Waals surface area (Å²) in [7, 11) is 0. The van der Waals surface area contributed by atoms with Gasteiger partial charge in [0.25, 0.3) is 5.91 Å². The standard InChI is InChI=1S/C19H23ClN4O3/c1-11-6-7-13-9-14(16(20)23-15(13)8-11)10-21-24-17(25)12(2)22-18(26)27-19(3,4)5/h6-10,12H,1-5H3,(H,22,26)(H,24,25)/b21-10+. The number of hydrogen-bond donors (Lipinski definition) is 2. The summed E-state index contributed by atoms with van der Waals surface area (Å²) in [6.07, 6.45) is 0.735. The average molecular weight is 391 g/mol. The van der Waals surface area contributed by atoms with Gasteiger partial charge in [0.05, 0.1) is 11.7 Å². The van der Waals surface area contributed by atoms with Crippen LogP contribution in [0.1, 0.15) is 38.8 Å². The van der Waals surface area contributed by atoms with Gasteiger partial charge in [0.1, 0.15) is 16.8 Å².